The second-order valence-corrected chi connectivity index (χ2v) is 13.5. The normalized spacial score (nSPS) is 11.6. The summed E-state index contributed by atoms with van der Waals surface area (Å²) in [7, 11) is -3.69. The van der Waals surface area contributed by atoms with E-state index in [4.69, 9.17) is 4.18 Å². The lowest BCUT2D eigenvalue weighted by Gasteiger charge is -2.17. The predicted molar refractivity (Wildman–Crippen MR) is 160 cm³/mol. The first kappa shape index (κ1) is 29.7. The fraction of sp³-hybridized carbons (Fsp3) is 0.273. The van der Waals surface area contributed by atoms with E-state index >= 15 is 0 Å². The molecule has 4 aromatic rings. The molecule has 0 aliphatic carbocycles. The van der Waals surface area contributed by atoms with Crippen LogP contribution in [0.4, 0.5) is 0 Å². The molecule has 4 rings (SSSR count). The lowest BCUT2D eigenvalue weighted by Crippen LogP contribution is -2.15. The zero-order valence-electron chi connectivity index (χ0n) is 23.2. The fourth-order valence-corrected chi connectivity index (χ4v) is 7.52. The summed E-state index contributed by atoms with van der Waals surface area (Å²) in [5.74, 6) is 0.513. The van der Waals surface area contributed by atoms with Crippen LogP contribution >= 0.6 is 0 Å². The molecule has 0 aliphatic rings. The van der Waals surface area contributed by atoms with Gasteiger partial charge in [-0.25, -0.2) is 0 Å². The van der Waals surface area contributed by atoms with Crippen molar-refractivity contribution in [1.82, 2.24) is 0 Å². The Kier molecular flexibility index (Phi) is 10.8. The third kappa shape index (κ3) is 8.07. The summed E-state index contributed by atoms with van der Waals surface area (Å²) in [4.78, 5) is 4.38. The molecule has 0 saturated heterocycles. The maximum Gasteiger partial charge on any atom is 0.297 e. The zero-order valence-corrected chi connectivity index (χ0v) is 24.8. The molecule has 0 amide bonds. The SMILES string of the molecule is CC(C)OS(=O)(=O)c1ccc(C(C)C)cc1C(C)C.c1ccc([S+](c2ccccc2)c2ccccc2)cc1. The molecule has 0 radical (unpaired) electrons. The minimum atomic E-state index is -3.68. The second kappa shape index (κ2) is 13.8. The third-order valence-corrected chi connectivity index (χ3v) is 9.63. The Hall–Kier alpha value is -2.86. The molecular weight excluding hydrogens is 508 g/mol. The number of hydrogen-bond acceptors (Lipinski definition) is 3. The molecule has 0 saturated carbocycles. The van der Waals surface area contributed by atoms with E-state index in [-0.39, 0.29) is 22.9 Å². The highest BCUT2D eigenvalue weighted by Crippen LogP contribution is 2.31. The zero-order chi connectivity index (χ0) is 27.7. The standard InChI is InChI=1S/C18H15S.C15H24O3S/c1-4-10-16(11-5-1)19(17-12-6-2-7-13-17)18-14-8-3-9-15-18;1-10(2)13-7-8-15(14(9-13)11(3)4)19(16,17)18-12(5)6/h1-15H;7-12H,1-6H3/q+1;. The van der Waals surface area contributed by atoms with Gasteiger partial charge in [-0.05, 0) is 79.3 Å². The molecule has 0 bridgehead atoms. The van der Waals surface area contributed by atoms with Crippen molar-refractivity contribution in [3.8, 4) is 0 Å². The first-order valence-corrected chi connectivity index (χ1v) is 15.7. The van der Waals surface area contributed by atoms with E-state index < -0.39 is 10.1 Å². The van der Waals surface area contributed by atoms with Crippen LogP contribution < -0.4 is 0 Å². The molecule has 200 valence electrons. The molecule has 38 heavy (non-hydrogen) atoms. The lowest BCUT2D eigenvalue weighted by atomic mass is 9.96. The van der Waals surface area contributed by atoms with Gasteiger partial charge in [-0.2, -0.15) is 8.42 Å². The maximum atomic E-state index is 12.2. The summed E-state index contributed by atoms with van der Waals surface area (Å²) in [6.07, 6.45) is -0.352. The topological polar surface area (TPSA) is 43.4 Å². The van der Waals surface area contributed by atoms with Gasteiger partial charge < -0.3 is 0 Å². The highest BCUT2D eigenvalue weighted by Gasteiger charge is 2.27. The van der Waals surface area contributed by atoms with Crippen molar-refractivity contribution in [2.45, 2.75) is 79.1 Å². The smallest absolute Gasteiger partial charge is 0.264 e. The van der Waals surface area contributed by atoms with Gasteiger partial charge in [0.2, 0.25) is 0 Å². The monoisotopic (exact) mass is 547 g/mol. The van der Waals surface area contributed by atoms with Crippen LogP contribution in [0, 0.1) is 0 Å². The summed E-state index contributed by atoms with van der Waals surface area (Å²) in [5.41, 5.74) is 1.97. The van der Waals surface area contributed by atoms with Gasteiger partial charge in [-0.15, -0.1) is 0 Å². The van der Waals surface area contributed by atoms with Gasteiger partial charge in [0.15, 0.2) is 14.7 Å². The molecule has 0 unspecified atom stereocenters. The van der Waals surface area contributed by atoms with E-state index in [1.165, 1.54) is 14.7 Å². The summed E-state index contributed by atoms with van der Waals surface area (Å²) in [5, 5.41) is 0. The molecule has 0 fully saturated rings. The van der Waals surface area contributed by atoms with Crippen LogP contribution in [0.15, 0.2) is 129 Å². The Morgan fingerprint density at radius 2 is 1.00 bits per heavy atom. The summed E-state index contributed by atoms with van der Waals surface area (Å²) in [6.45, 7) is 11.6. The second-order valence-electron chi connectivity index (χ2n) is 9.95. The van der Waals surface area contributed by atoms with Crippen LogP contribution in [-0.4, -0.2) is 14.5 Å². The van der Waals surface area contributed by atoms with Crippen molar-refractivity contribution in [3.05, 3.63) is 120 Å². The van der Waals surface area contributed by atoms with Gasteiger partial charge in [0, 0.05) is 0 Å². The van der Waals surface area contributed by atoms with Crippen molar-refractivity contribution in [2.24, 2.45) is 0 Å². The molecule has 4 aromatic carbocycles. The Morgan fingerprint density at radius 3 is 1.34 bits per heavy atom. The number of hydrogen-bond donors (Lipinski definition) is 0. The minimum absolute atomic E-state index is 0.0146. The summed E-state index contributed by atoms with van der Waals surface area (Å²) < 4.78 is 29.5. The van der Waals surface area contributed by atoms with Gasteiger partial charge >= 0.3 is 0 Å². The van der Waals surface area contributed by atoms with E-state index in [9.17, 15) is 8.42 Å². The molecule has 0 aromatic heterocycles. The Bertz CT molecular complexity index is 1270. The highest BCUT2D eigenvalue weighted by atomic mass is 32.2. The number of rotatable bonds is 8. The molecule has 0 spiro atoms. The summed E-state index contributed by atoms with van der Waals surface area (Å²) in [6, 6.07) is 37.7. The number of benzene rings is 4. The van der Waals surface area contributed by atoms with Crippen LogP contribution in [-0.2, 0) is 25.2 Å². The summed E-state index contributed by atoms with van der Waals surface area (Å²) >= 11 is 0. The average Bonchev–Trinajstić information content (AvgIpc) is 2.90. The predicted octanol–water partition coefficient (Wildman–Crippen LogP) is 8.83. The van der Waals surface area contributed by atoms with Crippen LogP contribution in [0.3, 0.4) is 0 Å². The Balaban J connectivity index is 0.000000211. The van der Waals surface area contributed by atoms with Crippen molar-refractivity contribution in [3.63, 3.8) is 0 Å². The molecule has 0 heterocycles. The molecule has 0 atom stereocenters. The van der Waals surface area contributed by atoms with Crippen LogP contribution in [0.5, 0.6) is 0 Å². The molecule has 5 heteroatoms. The Labute approximate surface area is 232 Å². The van der Waals surface area contributed by atoms with Crippen molar-refractivity contribution < 1.29 is 12.6 Å². The van der Waals surface area contributed by atoms with Crippen LogP contribution in [0.25, 0.3) is 0 Å². The Morgan fingerprint density at radius 1 is 0.579 bits per heavy atom. The van der Waals surface area contributed by atoms with Gasteiger partial charge in [0.1, 0.15) is 0 Å². The quantitative estimate of drug-likeness (QED) is 0.163. The van der Waals surface area contributed by atoms with E-state index in [0.29, 0.717) is 10.8 Å². The first-order valence-electron chi connectivity index (χ1n) is 13.1. The lowest BCUT2D eigenvalue weighted by molar-refractivity contribution is 0.248. The molecule has 3 nitrogen and oxygen atoms in total. The van der Waals surface area contributed by atoms with Gasteiger partial charge in [0.05, 0.1) is 21.9 Å². The van der Waals surface area contributed by atoms with Crippen molar-refractivity contribution >= 4 is 21.0 Å². The average molecular weight is 548 g/mol. The third-order valence-electron chi connectivity index (χ3n) is 5.85. The highest BCUT2D eigenvalue weighted by molar-refractivity contribution is 7.97. The fourth-order valence-electron chi connectivity index (χ4n) is 3.99. The van der Waals surface area contributed by atoms with Gasteiger partial charge in [-0.1, -0.05) is 94.4 Å². The van der Waals surface area contributed by atoms with E-state index in [1.54, 1.807) is 19.9 Å². The molecule has 0 aliphatic heterocycles. The van der Waals surface area contributed by atoms with Gasteiger partial charge in [-0.3, -0.25) is 4.18 Å². The van der Waals surface area contributed by atoms with E-state index in [0.717, 1.165) is 11.1 Å². The van der Waals surface area contributed by atoms with E-state index in [1.807, 2.05) is 26.0 Å². The molecular formula is C33H39O3S2+. The minimum Gasteiger partial charge on any atom is -0.264 e. The van der Waals surface area contributed by atoms with Crippen LogP contribution in [0.1, 0.15) is 64.5 Å². The van der Waals surface area contributed by atoms with E-state index in [2.05, 4.69) is 105 Å². The first-order chi connectivity index (χ1) is 18.1. The van der Waals surface area contributed by atoms with Crippen molar-refractivity contribution in [2.75, 3.05) is 0 Å². The van der Waals surface area contributed by atoms with Crippen molar-refractivity contribution in [1.29, 1.82) is 0 Å². The van der Waals surface area contributed by atoms with Crippen LogP contribution in [0.2, 0.25) is 0 Å². The van der Waals surface area contributed by atoms with Gasteiger partial charge in [0.25, 0.3) is 10.1 Å². The maximum absolute atomic E-state index is 12.2. The largest absolute Gasteiger partial charge is 0.297 e. The molecule has 0 N–H and O–H groups in total.